The Morgan fingerprint density at radius 3 is 2.96 bits per heavy atom. The van der Waals surface area contributed by atoms with E-state index in [4.69, 9.17) is 0 Å². The lowest BCUT2D eigenvalue weighted by atomic mass is 10.0. The average Bonchev–Trinajstić information content (AvgIpc) is 3.18. The summed E-state index contributed by atoms with van der Waals surface area (Å²) in [5.74, 6) is -0.199. The maximum Gasteiger partial charge on any atom is 0.271 e. The minimum Gasteiger partial charge on any atom is -0.349 e. The van der Waals surface area contributed by atoms with Crippen molar-refractivity contribution in [3.63, 3.8) is 0 Å². The SMILES string of the molecule is O=C(NCC1CCCCN1CCn1nc2c(cc1=O)CCC2)c1cnccn1. The number of hydrogen-bond acceptors (Lipinski definition) is 6. The Morgan fingerprint density at radius 1 is 1.18 bits per heavy atom. The summed E-state index contributed by atoms with van der Waals surface area (Å²) in [6, 6.07) is 2.02. The summed E-state index contributed by atoms with van der Waals surface area (Å²) in [4.78, 5) is 34.9. The molecule has 148 valence electrons. The number of nitrogens with zero attached hydrogens (tertiary/aromatic N) is 5. The second kappa shape index (κ2) is 8.60. The molecule has 2 aliphatic rings. The molecule has 1 saturated heterocycles. The first-order valence-electron chi connectivity index (χ1n) is 10.1. The van der Waals surface area contributed by atoms with Crippen LogP contribution in [0, 0.1) is 0 Å². The Bertz CT molecular complexity index is 882. The lowest BCUT2D eigenvalue weighted by Crippen LogP contribution is -2.48. The van der Waals surface area contributed by atoms with Crippen molar-refractivity contribution < 1.29 is 4.79 Å². The second-order valence-electron chi connectivity index (χ2n) is 7.52. The fourth-order valence-electron chi connectivity index (χ4n) is 4.13. The Hall–Kier alpha value is -2.61. The number of carbonyl (C=O) groups is 1. The summed E-state index contributed by atoms with van der Waals surface area (Å²) in [5, 5.41) is 7.54. The zero-order valence-corrected chi connectivity index (χ0v) is 16.0. The summed E-state index contributed by atoms with van der Waals surface area (Å²) < 4.78 is 1.61. The van der Waals surface area contributed by atoms with Crippen LogP contribution < -0.4 is 10.9 Å². The molecule has 8 heteroatoms. The van der Waals surface area contributed by atoms with Gasteiger partial charge in [0.15, 0.2) is 0 Å². The molecular weight excluding hydrogens is 356 g/mol. The van der Waals surface area contributed by atoms with Crippen LogP contribution in [0.3, 0.4) is 0 Å². The van der Waals surface area contributed by atoms with E-state index >= 15 is 0 Å². The van der Waals surface area contributed by atoms with Gasteiger partial charge in [-0.25, -0.2) is 9.67 Å². The second-order valence-corrected chi connectivity index (χ2v) is 7.52. The molecule has 4 rings (SSSR count). The van der Waals surface area contributed by atoms with Gasteiger partial charge in [0.1, 0.15) is 5.69 Å². The van der Waals surface area contributed by atoms with Gasteiger partial charge in [0.2, 0.25) is 0 Å². The van der Waals surface area contributed by atoms with Crippen LogP contribution in [0.25, 0.3) is 0 Å². The molecule has 0 radical (unpaired) electrons. The number of rotatable bonds is 6. The molecule has 3 heterocycles. The molecule has 2 aromatic heterocycles. The first-order chi connectivity index (χ1) is 13.7. The van der Waals surface area contributed by atoms with Crippen molar-refractivity contribution in [2.75, 3.05) is 19.6 Å². The van der Waals surface area contributed by atoms with Gasteiger partial charge in [0, 0.05) is 37.6 Å². The Morgan fingerprint density at radius 2 is 2.11 bits per heavy atom. The van der Waals surface area contributed by atoms with Crippen LogP contribution in [0.1, 0.15) is 47.4 Å². The van der Waals surface area contributed by atoms with E-state index in [9.17, 15) is 9.59 Å². The van der Waals surface area contributed by atoms with Gasteiger partial charge in [-0.2, -0.15) is 5.10 Å². The number of aromatic nitrogens is 4. The highest BCUT2D eigenvalue weighted by atomic mass is 16.2. The van der Waals surface area contributed by atoms with Crippen molar-refractivity contribution in [2.45, 2.75) is 51.1 Å². The van der Waals surface area contributed by atoms with E-state index in [1.807, 2.05) is 0 Å². The number of hydrogen-bond donors (Lipinski definition) is 1. The van der Waals surface area contributed by atoms with Crippen molar-refractivity contribution in [1.82, 2.24) is 30.0 Å². The number of nitrogens with one attached hydrogen (secondary N) is 1. The molecule has 0 bridgehead atoms. The quantitative estimate of drug-likeness (QED) is 0.795. The summed E-state index contributed by atoms with van der Waals surface area (Å²) in [6.07, 6.45) is 10.9. The third kappa shape index (κ3) is 4.27. The largest absolute Gasteiger partial charge is 0.349 e. The number of amides is 1. The highest BCUT2D eigenvalue weighted by Gasteiger charge is 2.23. The molecule has 0 spiro atoms. The van der Waals surface area contributed by atoms with Crippen LogP contribution in [0.2, 0.25) is 0 Å². The number of fused-ring (bicyclic) bond motifs is 1. The van der Waals surface area contributed by atoms with Gasteiger partial charge in [-0.3, -0.25) is 19.5 Å². The van der Waals surface area contributed by atoms with Crippen LogP contribution in [-0.4, -0.2) is 56.2 Å². The molecule has 1 atom stereocenters. The highest BCUT2D eigenvalue weighted by Crippen LogP contribution is 2.18. The molecule has 1 amide bonds. The third-order valence-corrected chi connectivity index (χ3v) is 5.67. The fraction of sp³-hybridized carbons (Fsp3) is 0.550. The van der Waals surface area contributed by atoms with E-state index in [0.29, 0.717) is 18.8 Å². The predicted molar refractivity (Wildman–Crippen MR) is 104 cm³/mol. The molecule has 1 aliphatic carbocycles. The maximum atomic E-state index is 12.3. The van der Waals surface area contributed by atoms with E-state index in [-0.39, 0.29) is 17.5 Å². The predicted octanol–water partition coefficient (Wildman–Crippen LogP) is 0.806. The van der Waals surface area contributed by atoms with Gasteiger partial charge in [-0.15, -0.1) is 0 Å². The number of likely N-dealkylation sites (tertiary alicyclic amines) is 1. The van der Waals surface area contributed by atoms with Crippen molar-refractivity contribution in [2.24, 2.45) is 0 Å². The molecule has 1 aliphatic heterocycles. The topological polar surface area (TPSA) is 93.0 Å². The fourth-order valence-corrected chi connectivity index (χ4v) is 4.13. The number of aryl methyl sites for hydroxylation is 2. The average molecular weight is 382 g/mol. The minimum absolute atomic E-state index is 0.00911. The summed E-state index contributed by atoms with van der Waals surface area (Å²) in [7, 11) is 0. The van der Waals surface area contributed by atoms with E-state index in [2.05, 4.69) is 25.3 Å². The maximum absolute atomic E-state index is 12.3. The number of carbonyl (C=O) groups excluding carboxylic acids is 1. The summed E-state index contributed by atoms with van der Waals surface area (Å²) in [6.45, 7) is 2.89. The van der Waals surface area contributed by atoms with Crippen molar-refractivity contribution in [1.29, 1.82) is 0 Å². The van der Waals surface area contributed by atoms with Crippen molar-refractivity contribution in [3.8, 4) is 0 Å². The first kappa shape index (κ1) is 18.7. The molecule has 0 aromatic carbocycles. The Labute approximate surface area is 164 Å². The molecule has 1 N–H and O–H groups in total. The molecule has 1 fully saturated rings. The summed E-state index contributed by atoms with van der Waals surface area (Å²) >= 11 is 0. The van der Waals surface area contributed by atoms with Crippen LogP contribution in [0.4, 0.5) is 0 Å². The van der Waals surface area contributed by atoms with E-state index < -0.39 is 0 Å². The lowest BCUT2D eigenvalue weighted by Gasteiger charge is -2.35. The van der Waals surface area contributed by atoms with Gasteiger partial charge in [-0.1, -0.05) is 6.42 Å². The van der Waals surface area contributed by atoms with Gasteiger partial charge < -0.3 is 5.32 Å². The molecule has 8 nitrogen and oxygen atoms in total. The van der Waals surface area contributed by atoms with Gasteiger partial charge in [0.05, 0.1) is 18.4 Å². The third-order valence-electron chi connectivity index (χ3n) is 5.67. The smallest absolute Gasteiger partial charge is 0.271 e. The first-order valence-corrected chi connectivity index (χ1v) is 10.1. The van der Waals surface area contributed by atoms with Crippen molar-refractivity contribution in [3.05, 3.63) is 52.0 Å². The Kier molecular flexibility index (Phi) is 5.76. The molecule has 1 unspecified atom stereocenters. The normalized spacial score (nSPS) is 19.4. The number of piperidine rings is 1. The zero-order chi connectivity index (χ0) is 19.3. The van der Waals surface area contributed by atoms with Crippen molar-refractivity contribution >= 4 is 5.91 Å². The van der Waals surface area contributed by atoms with Crippen LogP contribution in [0.5, 0.6) is 0 Å². The van der Waals surface area contributed by atoms with E-state index in [1.54, 1.807) is 16.9 Å². The van der Waals surface area contributed by atoms with Gasteiger partial charge >= 0.3 is 0 Å². The molecule has 2 aromatic rings. The lowest BCUT2D eigenvalue weighted by molar-refractivity contribution is 0.0904. The van der Waals surface area contributed by atoms with E-state index in [0.717, 1.165) is 62.9 Å². The molecule has 28 heavy (non-hydrogen) atoms. The Balaban J connectivity index is 1.35. The molecular formula is C20H26N6O2. The standard InChI is InChI=1S/C20H26N6O2/c27-19-12-15-4-3-6-17(15)24-26(19)11-10-25-9-2-1-5-16(25)13-23-20(28)18-14-21-7-8-22-18/h7-8,12,14,16H,1-6,9-11,13H2,(H,23,28). The monoisotopic (exact) mass is 382 g/mol. The summed E-state index contributed by atoms with van der Waals surface area (Å²) in [5.41, 5.74) is 2.51. The molecule has 0 saturated carbocycles. The minimum atomic E-state index is -0.199. The van der Waals surface area contributed by atoms with Gasteiger partial charge in [-0.05, 0) is 44.2 Å². The van der Waals surface area contributed by atoms with Crippen LogP contribution in [-0.2, 0) is 19.4 Å². The van der Waals surface area contributed by atoms with Crippen LogP contribution >= 0.6 is 0 Å². The van der Waals surface area contributed by atoms with Crippen LogP contribution in [0.15, 0.2) is 29.5 Å². The zero-order valence-electron chi connectivity index (χ0n) is 16.0. The van der Waals surface area contributed by atoms with E-state index in [1.165, 1.54) is 12.4 Å². The highest BCUT2D eigenvalue weighted by molar-refractivity contribution is 5.91. The van der Waals surface area contributed by atoms with Gasteiger partial charge in [0.25, 0.3) is 11.5 Å².